The fourth-order valence-corrected chi connectivity index (χ4v) is 3.15. The van der Waals surface area contributed by atoms with Crippen molar-refractivity contribution in [1.82, 2.24) is 15.4 Å². The summed E-state index contributed by atoms with van der Waals surface area (Å²) in [5.74, 6) is 1.13. The topological polar surface area (TPSA) is 67.4 Å². The minimum atomic E-state index is -0.570. The molecule has 2 rings (SSSR count). The SMILES string of the molecule is CC1CCC(N(NC(=O)OC(C)(C)C)c2nc(Cl)ncc2Br)C1. The van der Waals surface area contributed by atoms with Crippen molar-refractivity contribution < 1.29 is 9.53 Å². The Labute approximate surface area is 150 Å². The second-order valence-electron chi connectivity index (χ2n) is 6.87. The minimum Gasteiger partial charge on any atom is -0.443 e. The summed E-state index contributed by atoms with van der Waals surface area (Å²) in [7, 11) is 0. The summed E-state index contributed by atoms with van der Waals surface area (Å²) in [4.78, 5) is 20.4. The molecule has 1 aromatic heterocycles. The second kappa shape index (κ2) is 7.21. The molecule has 0 spiro atoms. The smallest absolute Gasteiger partial charge is 0.426 e. The van der Waals surface area contributed by atoms with Crippen LogP contribution >= 0.6 is 27.5 Å². The van der Waals surface area contributed by atoms with Crippen molar-refractivity contribution in [2.24, 2.45) is 5.92 Å². The van der Waals surface area contributed by atoms with Gasteiger partial charge < -0.3 is 4.74 Å². The minimum absolute atomic E-state index is 0.130. The van der Waals surface area contributed by atoms with Crippen molar-refractivity contribution in [3.63, 3.8) is 0 Å². The molecule has 1 aliphatic carbocycles. The molecule has 1 aliphatic rings. The number of aromatic nitrogens is 2. The van der Waals surface area contributed by atoms with Crippen LogP contribution in [0.4, 0.5) is 10.6 Å². The van der Waals surface area contributed by atoms with Crippen LogP contribution in [0.5, 0.6) is 0 Å². The number of nitrogens with one attached hydrogen (secondary N) is 1. The van der Waals surface area contributed by atoms with Gasteiger partial charge in [0.05, 0.1) is 10.5 Å². The van der Waals surface area contributed by atoms with E-state index in [0.29, 0.717) is 16.2 Å². The third kappa shape index (κ3) is 5.21. The van der Waals surface area contributed by atoms with E-state index in [2.05, 4.69) is 38.2 Å². The van der Waals surface area contributed by atoms with E-state index < -0.39 is 11.7 Å². The van der Waals surface area contributed by atoms with Crippen molar-refractivity contribution in [3.8, 4) is 0 Å². The molecule has 1 fully saturated rings. The lowest BCUT2D eigenvalue weighted by atomic mass is 10.1. The molecule has 0 bridgehead atoms. The summed E-state index contributed by atoms with van der Waals surface area (Å²) in [6.45, 7) is 7.68. The van der Waals surface area contributed by atoms with Gasteiger partial charge in [0.25, 0.3) is 0 Å². The summed E-state index contributed by atoms with van der Waals surface area (Å²) in [6, 6.07) is 0.139. The van der Waals surface area contributed by atoms with E-state index in [1.54, 1.807) is 11.2 Å². The summed E-state index contributed by atoms with van der Waals surface area (Å²) < 4.78 is 6.03. The average Bonchev–Trinajstić information content (AvgIpc) is 2.83. The van der Waals surface area contributed by atoms with Crippen molar-refractivity contribution in [1.29, 1.82) is 0 Å². The Hall–Kier alpha value is -1.08. The molecule has 2 atom stereocenters. The molecule has 1 saturated carbocycles. The first-order valence-corrected chi connectivity index (χ1v) is 8.79. The Kier molecular flexibility index (Phi) is 5.73. The zero-order valence-corrected chi connectivity index (χ0v) is 16.1. The van der Waals surface area contributed by atoms with Crippen molar-refractivity contribution >= 4 is 39.4 Å². The van der Waals surface area contributed by atoms with Crippen LogP contribution in [0.25, 0.3) is 0 Å². The normalized spacial score (nSPS) is 21.1. The quantitative estimate of drug-likeness (QED) is 0.599. The third-order valence-corrected chi connectivity index (χ3v) is 4.31. The first kappa shape index (κ1) is 18.3. The first-order valence-electron chi connectivity index (χ1n) is 7.62. The van der Waals surface area contributed by atoms with Crippen LogP contribution in [0.2, 0.25) is 5.28 Å². The molecule has 0 saturated heterocycles. The lowest BCUT2D eigenvalue weighted by molar-refractivity contribution is 0.0514. The fraction of sp³-hybridized carbons (Fsp3) is 0.667. The summed E-state index contributed by atoms with van der Waals surface area (Å²) in [5, 5.41) is 1.88. The second-order valence-corrected chi connectivity index (χ2v) is 8.06. The maximum Gasteiger partial charge on any atom is 0.426 e. The number of hydrogen-bond donors (Lipinski definition) is 1. The number of carbonyl (C=O) groups is 1. The molecule has 23 heavy (non-hydrogen) atoms. The summed E-state index contributed by atoms with van der Waals surface area (Å²) >= 11 is 9.35. The number of nitrogens with zero attached hydrogens (tertiary/aromatic N) is 3. The van der Waals surface area contributed by atoms with Gasteiger partial charge in [-0.2, -0.15) is 4.98 Å². The van der Waals surface area contributed by atoms with Gasteiger partial charge in [-0.15, -0.1) is 0 Å². The molecule has 0 aromatic carbocycles. The highest BCUT2D eigenvalue weighted by atomic mass is 79.9. The van der Waals surface area contributed by atoms with Crippen LogP contribution in [0.1, 0.15) is 47.0 Å². The Morgan fingerprint density at radius 1 is 1.48 bits per heavy atom. The number of rotatable bonds is 3. The van der Waals surface area contributed by atoms with Crippen LogP contribution in [-0.2, 0) is 4.74 Å². The third-order valence-electron chi connectivity index (χ3n) is 3.57. The molecule has 1 amide bonds. The summed E-state index contributed by atoms with van der Waals surface area (Å²) in [6.07, 6.45) is 4.09. The number of halogens is 2. The van der Waals surface area contributed by atoms with Crippen molar-refractivity contribution in [2.45, 2.75) is 58.6 Å². The highest BCUT2D eigenvalue weighted by molar-refractivity contribution is 9.10. The number of anilines is 1. The number of amides is 1. The lowest BCUT2D eigenvalue weighted by Gasteiger charge is -2.32. The van der Waals surface area contributed by atoms with Crippen LogP contribution in [-0.4, -0.2) is 27.7 Å². The zero-order valence-electron chi connectivity index (χ0n) is 13.8. The Bertz CT molecular complexity index is 579. The average molecular weight is 406 g/mol. The van der Waals surface area contributed by atoms with Gasteiger partial charge in [-0.3, -0.25) is 5.01 Å². The maximum atomic E-state index is 12.2. The van der Waals surface area contributed by atoms with Gasteiger partial charge in [0.2, 0.25) is 5.28 Å². The van der Waals surface area contributed by atoms with E-state index in [9.17, 15) is 4.79 Å². The molecule has 1 heterocycles. The van der Waals surface area contributed by atoms with Gasteiger partial charge in [0, 0.05) is 6.20 Å². The number of carbonyl (C=O) groups excluding carboxylic acids is 1. The van der Waals surface area contributed by atoms with Gasteiger partial charge in [-0.05, 0) is 73.5 Å². The molecule has 1 aromatic rings. The van der Waals surface area contributed by atoms with Gasteiger partial charge in [0.1, 0.15) is 5.60 Å². The van der Waals surface area contributed by atoms with Crippen LogP contribution < -0.4 is 10.4 Å². The Morgan fingerprint density at radius 2 is 2.17 bits per heavy atom. The van der Waals surface area contributed by atoms with Crippen LogP contribution in [0.3, 0.4) is 0 Å². The van der Waals surface area contributed by atoms with E-state index in [1.807, 2.05) is 20.8 Å². The van der Waals surface area contributed by atoms with E-state index in [0.717, 1.165) is 19.3 Å². The molecular weight excluding hydrogens is 384 g/mol. The molecule has 8 heteroatoms. The van der Waals surface area contributed by atoms with Crippen molar-refractivity contribution in [2.75, 3.05) is 5.01 Å². The first-order chi connectivity index (χ1) is 10.7. The maximum absolute atomic E-state index is 12.2. The largest absolute Gasteiger partial charge is 0.443 e. The van der Waals surface area contributed by atoms with Crippen LogP contribution in [0.15, 0.2) is 10.7 Å². The van der Waals surface area contributed by atoms with E-state index >= 15 is 0 Å². The highest BCUT2D eigenvalue weighted by Gasteiger charge is 2.31. The number of ether oxygens (including phenoxy) is 1. The standard InChI is InChI=1S/C15H22BrClN4O2/c1-9-5-6-10(7-9)21(20-14(22)23-15(2,3)4)12-11(16)8-18-13(17)19-12/h8-10H,5-7H2,1-4H3,(H,20,22). The number of hydrogen-bond acceptors (Lipinski definition) is 5. The van der Waals surface area contributed by atoms with Crippen LogP contribution in [0, 0.1) is 5.92 Å². The lowest BCUT2D eigenvalue weighted by Crippen LogP contribution is -2.50. The molecule has 128 valence electrons. The van der Waals surface area contributed by atoms with Gasteiger partial charge in [-0.25, -0.2) is 15.2 Å². The fourth-order valence-electron chi connectivity index (χ4n) is 2.63. The molecule has 0 radical (unpaired) electrons. The van der Waals surface area contributed by atoms with Gasteiger partial charge >= 0.3 is 6.09 Å². The summed E-state index contributed by atoms with van der Waals surface area (Å²) in [5.41, 5.74) is 2.24. The number of hydrazine groups is 1. The molecule has 6 nitrogen and oxygen atoms in total. The Balaban J connectivity index is 2.25. The van der Waals surface area contributed by atoms with Gasteiger partial charge in [-0.1, -0.05) is 6.92 Å². The highest BCUT2D eigenvalue weighted by Crippen LogP contribution is 2.33. The van der Waals surface area contributed by atoms with Crippen molar-refractivity contribution in [3.05, 3.63) is 16.0 Å². The van der Waals surface area contributed by atoms with Gasteiger partial charge in [0.15, 0.2) is 5.82 Å². The van der Waals surface area contributed by atoms with E-state index in [4.69, 9.17) is 16.3 Å². The van der Waals surface area contributed by atoms with E-state index in [1.165, 1.54) is 0 Å². The zero-order chi connectivity index (χ0) is 17.2. The predicted octanol–water partition coefficient (Wildman–Crippen LogP) is 4.33. The predicted molar refractivity (Wildman–Crippen MR) is 93.4 cm³/mol. The molecular formula is C15H22BrClN4O2. The Morgan fingerprint density at radius 3 is 2.74 bits per heavy atom. The molecule has 1 N–H and O–H groups in total. The van der Waals surface area contributed by atoms with E-state index in [-0.39, 0.29) is 11.3 Å². The monoisotopic (exact) mass is 404 g/mol. The molecule has 2 unspecified atom stereocenters. The molecule has 0 aliphatic heterocycles.